The number of aryl methyl sites for hydroxylation is 1. The van der Waals surface area contributed by atoms with Crippen molar-refractivity contribution in [3.8, 4) is 0 Å². The second-order valence-corrected chi connectivity index (χ2v) is 4.95. The van der Waals surface area contributed by atoms with Crippen LogP contribution >= 0.6 is 11.8 Å². The van der Waals surface area contributed by atoms with Crippen LogP contribution in [0.15, 0.2) is 29.3 Å². The highest BCUT2D eigenvalue weighted by Gasteiger charge is 2.06. The van der Waals surface area contributed by atoms with Gasteiger partial charge in [0, 0.05) is 18.8 Å². The monoisotopic (exact) mass is 234 g/mol. The Morgan fingerprint density at radius 2 is 2.12 bits per heavy atom. The molecule has 1 aliphatic heterocycles. The van der Waals surface area contributed by atoms with Gasteiger partial charge in [-0.15, -0.1) is 0 Å². The Morgan fingerprint density at radius 1 is 1.31 bits per heavy atom. The number of thioether (sulfide) groups is 1. The number of hydrogen-bond acceptors (Lipinski definition) is 3. The van der Waals surface area contributed by atoms with Gasteiger partial charge >= 0.3 is 0 Å². The first-order valence-corrected chi connectivity index (χ1v) is 6.86. The van der Waals surface area contributed by atoms with Gasteiger partial charge in [-0.25, -0.2) is 0 Å². The predicted molar refractivity (Wildman–Crippen MR) is 72.0 cm³/mol. The standard InChI is InChI=1S/C13H18N2S/c1-2-11-6-3-4-7-12(11)10-15-13-14-8-5-9-16-13/h3-4,6-7H,2,5,8-10H2,1H3,(H,14,15). The van der Waals surface area contributed by atoms with Crippen molar-refractivity contribution < 1.29 is 0 Å². The molecule has 0 radical (unpaired) electrons. The zero-order valence-electron chi connectivity index (χ0n) is 9.70. The molecule has 0 unspecified atom stereocenters. The number of nitrogens with one attached hydrogen (secondary N) is 1. The molecule has 0 fully saturated rings. The molecule has 1 aromatic carbocycles. The third-order valence-corrected chi connectivity index (χ3v) is 3.77. The molecular weight excluding hydrogens is 216 g/mol. The first-order valence-electron chi connectivity index (χ1n) is 5.88. The van der Waals surface area contributed by atoms with Gasteiger partial charge in [-0.1, -0.05) is 43.0 Å². The van der Waals surface area contributed by atoms with E-state index in [-0.39, 0.29) is 0 Å². The summed E-state index contributed by atoms with van der Waals surface area (Å²) in [6.45, 7) is 4.08. The molecule has 16 heavy (non-hydrogen) atoms. The van der Waals surface area contributed by atoms with E-state index >= 15 is 0 Å². The van der Waals surface area contributed by atoms with Gasteiger partial charge in [-0.3, -0.25) is 4.99 Å². The Hall–Kier alpha value is -0.960. The molecule has 2 nitrogen and oxygen atoms in total. The third kappa shape index (κ3) is 3.01. The van der Waals surface area contributed by atoms with E-state index in [1.54, 1.807) is 0 Å². The number of nitrogens with zero attached hydrogens (tertiary/aromatic N) is 1. The highest BCUT2D eigenvalue weighted by molar-refractivity contribution is 8.13. The Bertz CT molecular complexity index is 374. The minimum Gasteiger partial charge on any atom is -0.361 e. The molecule has 0 aliphatic carbocycles. The average Bonchev–Trinajstić information content (AvgIpc) is 2.38. The highest BCUT2D eigenvalue weighted by atomic mass is 32.2. The first kappa shape index (κ1) is 11.5. The molecule has 0 bridgehead atoms. The summed E-state index contributed by atoms with van der Waals surface area (Å²) >= 11 is 1.83. The first-order chi connectivity index (χ1) is 7.90. The summed E-state index contributed by atoms with van der Waals surface area (Å²) < 4.78 is 0. The molecule has 0 amide bonds. The molecule has 86 valence electrons. The zero-order chi connectivity index (χ0) is 11.2. The van der Waals surface area contributed by atoms with Gasteiger partial charge in [0.25, 0.3) is 0 Å². The van der Waals surface area contributed by atoms with Crippen LogP contribution in [0, 0.1) is 0 Å². The number of hydrogen-bond donors (Lipinski definition) is 1. The Kier molecular flexibility index (Phi) is 4.28. The Balaban J connectivity index is 1.96. The quantitative estimate of drug-likeness (QED) is 0.869. The molecule has 1 N–H and O–H groups in total. The fraction of sp³-hybridized carbons (Fsp3) is 0.462. The van der Waals surface area contributed by atoms with Gasteiger partial charge < -0.3 is 5.32 Å². The van der Waals surface area contributed by atoms with E-state index in [1.165, 1.54) is 23.3 Å². The van der Waals surface area contributed by atoms with Gasteiger partial charge in [0.15, 0.2) is 5.17 Å². The largest absolute Gasteiger partial charge is 0.361 e. The molecule has 0 saturated carbocycles. The average molecular weight is 234 g/mol. The molecule has 1 aromatic rings. The van der Waals surface area contributed by atoms with E-state index in [0.717, 1.165) is 24.7 Å². The van der Waals surface area contributed by atoms with Crippen molar-refractivity contribution in [2.75, 3.05) is 12.3 Å². The molecular formula is C13H18N2S. The van der Waals surface area contributed by atoms with E-state index in [1.807, 2.05) is 11.8 Å². The SMILES string of the molecule is CCc1ccccc1CNC1=NCCCS1. The van der Waals surface area contributed by atoms with Crippen LogP contribution < -0.4 is 5.32 Å². The summed E-state index contributed by atoms with van der Waals surface area (Å²) in [6.07, 6.45) is 2.30. The number of aliphatic imine (C=N–C) groups is 1. The fourth-order valence-corrected chi connectivity index (χ4v) is 2.64. The van der Waals surface area contributed by atoms with Crippen LogP contribution in [0.25, 0.3) is 0 Å². The van der Waals surface area contributed by atoms with Gasteiger partial charge in [-0.2, -0.15) is 0 Å². The summed E-state index contributed by atoms with van der Waals surface area (Å²) in [5.41, 5.74) is 2.82. The minimum atomic E-state index is 0.899. The van der Waals surface area contributed by atoms with Crippen LogP contribution in [0.2, 0.25) is 0 Å². The second-order valence-electron chi connectivity index (χ2n) is 3.86. The lowest BCUT2D eigenvalue weighted by molar-refractivity contribution is 0.869. The van der Waals surface area contributed by atoms with Crippen molar-refractivity contribution in [2.24, 2.45) is 4.99 Å². The van der Waals surface area contributed by atoms with Crippen molar-refractivity contribution in [3.05, 3.63) is 35.4 Å². The van der Waals surface area contributed by atoms with Gasteiger partial charge in [0.05, 0.1) is 0 Å². The summed E-state index contributed by atoms with van der Waals surface area (Å²) in [5.74, 6) is 1.20. The van der Waals surface area contributed by atoms with Crippen LogP contribution in [0.3, 0.4) is 0 Å². The maximum atomic E-state index is 4.47. The van der Waals surface area contributed by atoms with Crippen LogP contribution in [0.5, 0.6) is 0 Å². The molecule has 0 saturated heterocycles. The topological polar surface area (TPSA) is 24.4 Å². The fourth-order valence-electron chi connectivity index (χ4n) is 1.81. The van der Waals surface area contributed by atoms with E-state index in [2.05, 4.69) is 41.5 Å². The predicted octanol–water partition coefficient (Wildman–Crippen LogP) is 2.83. The van der Waals surface area contributed by atoms with Gasteiger partial charge in [0.2, 0.25) is 0 Å². The second kappa shape index (κ2) is 5.94. The van der Waals surface area contributed by atoms with E-state index in [9.17, 15) is 0 Å². The summed E-state index contributed by atoms with van der Waals surface area (Å²) in [4.78, 5) is 4.47. The number of rotatable bonds is 3. The number of amidine groups is 1. The lowest BCUT2D eigenvalue weighted by Gasteiger charge is -2.14. The lowest BCUT2D eigenvalue weighted by atomic mass is 10.1. The zero-order valence-corrected chi connectivity index (χ0v) is 10.5. The molecule has 0 aromatic heterocycles. The van der Waals surface area contributed by atoms with Crippen molar-refractivity contribution in [2.45, 2.75) is 26.3 Å². The maximum Gasteiger partial charge on any atom is 0.156 e. The van der Waals surface area contributed by atoms with Crippen molar-refractivity contribution in [3.63, 3.8) is 0 Å². The van der Waals surface area contributed by atoms with Crippen LogP contribution in [-0.2, 0) is 13.0 Å². The van der Waals surface area contributed by atoms with Gasteiger partial charge in [0.1, 0.15) is 0 Å². The smallest absolute Gasteiger partial charge is 0.156 e. The molecule has 2 rings (SSSR count). The summed E-state index contributed by atoms with van der Waals surface area (Å²) in [5, 5.41) is 4.53. The van der Waals surface area contributed by atoms with Crippen molar-refractivity contribution in [1.82, 2.24) is 5.32 Å². The van der Waals surface area contributed by atoms with Crippen LogP contribution in [-0.4, -0.2) is 17.5 Å². The van der Waals surface area contributed by atoms with Crippen LogP contribution in [0.4, 0.5) is 0 Å². The summed E-state index contributed by atoms with van der Waals surface area (Å²) in [6, 6.07) is 8.61. The van der Waals surface area contributed by atoms with Crippen molar-refractivity contribution in [1.29, 1.82) is 0 Å². The molecule has 1 aliphatic rings. The normalized spacial score (nSPS) is 15.7. The highest BCUT2D eigenvalue weighted by Crippen LogP contribution is 2.13. The summed E-state index contributed by atoms with van der Waals surface area (Å²) in [7, 11) is 0. The third-order valence-electron chi connectivity index (χ3n) is 2.73. The minimum absolute atomic E-state index is 0.899. The molecule has 0 spiro atoms. The van der Waals surface area contributed by atoms with E-state index in [0.29, 0.717) is 0 Å². The van der Waals surface area contributed by atoms with E-state index < -0.39 is 0 Å². The van der Waals surface area contributed by atoms with E-state index in [4.69, 9.17) is 0 Å². The lowest BCUT2D eigenvalue weighted by Crippen LogP contribution is -2.23. The Labute approximate surface area is 102 Å². The molecule has 3 heteroatoms. The van der Waals surface area contributed by atoms with Crippen molar-refractivity contribution >= 4 is 16.9 Å². The van der Waals surface area contributed by atoms with Crippen LogP contribution in [0.1, 0.15) is 24.5 Å². The number of benzene rings is 1. The Morgan fingerprint density at radius 3 is 2.81 bits per heavy atom. The van der Waals surface area contributed by atoms with Gasteiger partial charge in [-0.05, 0) is 24.0 Å². The maximum absolute atomic E-state index is 4.47. The molecule has 0 atom stereocenters. The molecule has 1 heterocycles.